The second-order valence-corrected chi connectivity index (χ2v) is 5.46. The maximum Gasteiger partial charge on any atom is 0.0207 e. The average molecular weight is 295 g/mol. The van der Waals surface area contributed by atoms with Crippen LogP contribution in [0.2, 0.25) is 0 Å². The zero-order valence-corrected chi connectivity index (χ0v) is 12.8. The molecule has 0 saturated heterocycles. The van der Waals surface area contributed by atoms with Crippen LogP contribution in [-0.4, -0.2) is 0 Å². The Hall–Kier alpha value is -0.560. The molecule has 0 amide bonds. The summed E-state index contributed by atoms with van der Waals surface area (Å²) in [5, 5.41) is 0. The Bertz CT molecular complexity index is 366. The van der Waals surface area contributed by atoms with E-state index in [-0.39, 0.29) is 0 Å². The molecule has 1 aromatic carbocycles. The molecule has 0 aromatic heterocycles. The molecule has 0 heterocycles. The highest BCUT2D eigenvalue weighted by atomic mass is 79.9. The van der Waals surface area contributed by atoms with Crippen LogP contribution >= 0.6 is 15.9 Å². The zero-order valence-electron chi connectivity index (χ0n) is 11.2. The summed E-state index contributed by atoms with van der Waals surface area (Å²) in [6.45, 7) is 6.59. The van der Waals surface area contributed by atoms with E-state index in [1.54, 1.807) is 0 Å². The fourth-order valence-corrected chi connectivity index (χ4v) is 2.46. The maximum atomic E-state index is 3.63. The minimum absolute atomic E-state index is 0.666. The van der Waals surface area contributed by atoms with E-state index in [0.717, 1.165) is 12.8 Å². The van der Waals surface area contributed by atoms with Gasteiger partial charge in [-0.3, -0.25) is 0 Å². The number of rotatable bonds is 6. The van der Waals surface area contributed by atoms with Gasteiger partial charge in [0.25, 0.3) is 0 Å². The van der Waals surface area contributed by atoms with E-state index >= 15 is 0 Å². The molecule has 1 aromatic rings. The molecule has 0 radical (unpaired) electrons. The Balaban J connectivity index is 2.81. The highest BCUT2D eigenvalue weighted by Gasteiger charge is 2.10. The van der Waals surface area contributed by atoms with Crippen molar-refractivity contribution >= 4 is 15.9 Å². The van der Waals surface area contributed by atoms with Crippen LogP contribution in [0.5, 0.6) is 0 Å². The van der Waals surface area contributed by atoms with Gasteiger partial charge < -0.3 is 0 Å². The lowest BCUT2D eigenvalue weighted by molar-refractivity contribution is 0.619. The van der Waals surface area contributed by atoms with Crippen molar-refractivity contribution < 1.29 is 0 Å². The lowest BCUT2D eigenvalue weighted by Crippen LogP contribution is -1.98. The molecule has 0 aliphatic rings. The Morgan fingerprint density at radius 2 is 2.00 bits per heavy atom. The van der Waals surface area contributed by atoms with Crippen LogP contribution in [0.15, 0.2) is 34.8 Å². The van der Waals surface area contributed by atoms with Gasteiger partial charge in [0.05, 0.1) is 0 Å². The van der Waals surface area contributed by atoms with E-state index in [2.05, 4.69) is 67.1 Å². The van der Waals surface area contributed by atoms with Crippen molar-refractivity contribution in [3.63, 3.8) is 0 Å². The largest absolute Gasteiger partial charge is 0.0888 e. The highest BCUT2D eigenvalue weighted by Crippen LogP contribution is 2.29. The summed E-state index contributed by atoms with van der Waals surface area (Å²) in [4.78, 5) is 0. The van der Waals surface area contributed by atoms with Crippen LogP contribution in [0.1, 0.15) is 56.6 Å². The first kappa shape index (κ1) is 14.5. The van der Waals surface area contributed by atoms with Crippen LogP contribution in [0, 0.1) is 6.92 Å². The van der Waals surface area contributed by atoms with Crippen LogP contribution in [-0.2, 0) is 0 Å². The lowest BCUT2D eigenvalue weighted by Gasteiger charge is -2.15. The van der Waals surface area contributed by atoms with Gasteiger partial charge in [0.2, 0.25) is 0 Å². The Kier molecular flexibility index (Phi) is 6.57. The highest BCUT2D eigenvalue weighted by molar-refractivity contribution is 9.10. The van der Waals surface area contributed by atoms with Crippen molar-refractivity contribution in [2.45, 2.75) is 52.4 Å². The molecule has 0 saturated carbocycles. The molecule has 1 rings (SSSR count). The molecule has 0 aliphatic carbocycles. The summed E-state index contributed by atoms with van der Waals surface area (Å²) >= 11 is 3.63. The van der Waals surface area contributed by atoms with Crippen molar-refractivity contribution in [1.82, 2.24) is 0 Å². The molecule has 0 N–H and O–H groups in total. The molecule has 0 bridgehead atoms. The number of hydrogen-bond donors (Lipinski definition) is 0. The summed E-state index contributed by atoms with van der Waals surface area (Å²) in [6, 6.07) is 6.78. The molecule has 94 valence electrons. The quantitative estimate of drug-likeness (QED) is 0.565. The third kappa shape index (κ3) is 4.67. The maximum absolute atomic E-state index is 3.63. The van der Waals surface area contributed by atoms with Crippen LogP contribution < -0.4 is 0 Å². The topological polar surface area (TPSA) is 0 Å². The fraction of sp³-hybridized carbons (Fsp3) is 0.500. The van der Waals surface area contributed by atoms with Gasteiger partial charge in [0, 0.05) is 4.47 Å². The number of halogens is 1. The fourth-order valence-electron chi connectivity index (χ4n) is 2.06. The summed E-state index contributed by atoms with van der Waals surface area (Å²) in [6.07, 6.45) is 9.41. The van der Waals surface area contributed by atoms with Gasteiger partial charge in [-0.15, -0.1) is 0 Å². The number of hydrogen-bond acceptors (Lipinski definition) is 0. The van der Waals surface area contributed by atoms with E-state index in [1.165, 1.54) is 28.4 Å². The molecule has 0 nitrogen and oxygen atoms in total. The van der Waals surface area contributed by atoms with Crippen molar-refractivity contribution in [3.8, 4) is 0 Å². The van der Waals surface area contributed by atoms with Crippen LogP contribution in [0.4, 0.5) is 0 Å². The third-order valence-corrected chi connectivity index (χ3v) is 3.98. The van der Waals surface area contributed by atoms with Gasteiger partial charge in [-0.05, 0) is 49.3 Å². The molecule has 17 heavy (non-hydrogen) atoms. The van der Waals surface area contributed by atoms with Gasteiger partial charge in [0.15, 0.2) is 0 Å². The summed E-state index contributed by atoms with van der Waals surface area (Å²) < 4.78 is 1.23. The second-order valence-electron chi connectivity index (χ2n) is 4.61. The molecule has 0 spiro atoms. The number of aryl methyl sites for hydroxylation is 1. The van der Waals surface area contributed by atoms with Crippen molar-refractivity contribution in [2.75, 3.05) is 0 Å². The Morgan fingerprint density at radius 1 is 1.24 bits per heavy atom. The predicted octanol–water partition coefficient (Wildman–Crippen LogP) is 6.00. The average Bonchev–Trinajstić information content (AvgIpc) is 2.32. The van der Waals surface area contributed by atoms with Gasteiger partial charge >= 0.3 is 0 Å². The first-order valence-electron chi connectivity index (χ1n) is 6.60. The first-order valence-corrected chi connectivity index (χ1v) is 7.39. The van der Waals surface area contributed by atoms with E-state index in [0.29, 0.717) is 5.92 Å². The van der Waals surface area contributed by atoms with Gasteiger partial charge in [-0.1, -0.05) is 60.5 Å². The van der Waals surface area contributed by atoms with Gasteiger partial charge in [0.1, 0.15) is 0 Å². The number of allylic oxidation sites excluding steroid dienone is 2. The van der Waals surface area contributed by atoms with Crippen molar-refractivity contribution in [2.24, 2.45) is 0 Å². The van der Waals surface area contributed by atoms with Crippen LogP contribution in [0.3, 0.4) is 0 Å². The van der Waals surface area contributed by atoms with Crippen molar-refractivity contribution in [1.29, 1.82) is 0 Å². The van der Waals surface area contributed by atoms with Crippen molar-refractivity contribution in [3.05, 3.63) is 46.0 Å². The lowest BCUT2D eigenvalue weighted by atomic mass is 9.91. The zero-order chi connectivity index (χ0) is 12.7. The third-order valence-electron chi connectivity index (χ3n) is 3.13. The Labute approximate surface area is 114 Å². The first-order chi connectivity index (χ1) is 8.19. The smallest absolute Gasteiger partial charge is 0.0207 e. The monoisotopic (exact) mass is 294 g/mol. The van der Waals surface area contributed by atoms with E-state index in [1.807, 2.05) is 0 Å². The normalized spacial score (nSPS) is 13.2. The molecule has 1 atom stereocenters. The van der Waals surface area contributed by atoms with E-state index in [9.17, 15) is 0 Å². The van der Waals surface area contributed by atoms with E-state index < -0.39 is 0 Å². The standard InChI is InChI=1S/C16H23Br/c1-4-6-7-9-14(8-5-2)15-11-10-13(3)16(17)12-15/h6-7,10-12,14H,4-5,8-9H2,1-3H3/b7-6-. The van der Waals surface area contributed by atoms with Crippen LogP contribution in [0.25, 0.3) is 0 Å². The SMILES string of the molecule is CC/C=C\CC(CCC)c1ccc(C)c(Br)c1. The Morgan fingerprint density at radius 3 is 2.59 bits per heavy atom. The predicted molar refractivity (Wildman–Crippen MR) is 80.6 cm³/mol. The van der Waals surface area contributed by atoms with Gasteiger partial charge in [-0.25, -0.2) is 0 Å². The number of benzene rings is 1. The van der Waals surface area contributed by atoms with Gasteiger partial charge in [-0.2, -0.15) is 0 Å². The summed E-state index contributed by atoms with van der Waals surface area (Å²) in [5.74, 6) is 0.666. The minimum Gasteiger partial charge on any atom is -0.0888 e. The molecule has 0 fully saturated rings. The molecule has 0 aliphatic heterocycles. The molecular formula is C16H23Br. The second kappa shape index (κ2) is 7.71. The minimum atomic E-state index is 0.666. The summed E-state index contributed by atoms with van der Waals surface area (Å²) in [5.41, 5.74) is 2.78. The van der Waals surface area contributed by atoms with E-state index in [4.69, 9.17) is 0 Å². The molecule has 1 heteroatoms. The molecular weight excluding hydrogens is 272 g/mol. The molecule has 1 unspecified atom stereocenters. The summed E-state index contributed by atoms with van der Waals surface area (Å²) in [7, 11) is 0.